The van der Waals surface area contributed by atoms with E-state index in [1.54, 1.807) is 0 Å². The van der Waals surface area contributed by atoms with Gasteiger partial charge in [-0.2, -0.15) is 0 Å². The molecule has 0 fully saturated rings. The van der Waals surface area contributed by atoms with Crippen LogP contribution in [0.4, 0.5) is 0 Å². The van der Waals surface area contributed by atoms with Gasteiger partial charge in [0.25, 0.3) is 0 Å². The molecule has 4 nitrogen and oxygen atoms in total. The fourth-order valence-electron chi connectivity index (χ4n) is 8.56. The maximum absolute atomic E-state index is 5.43. The van der Waals surface area contributed by atoms with Crippen LogP contribution in [0.3, 0.4) is 0 Å². The first-order valence-electron chi connectivity index (χ1n) is 17.5. The van der Waals surface area contributed by atoms with Crippen molar-refractivity contribution in [3.63, 3.8) is 0 Å². The van der Waals surface area contributed by atoms with Crippen molar-refractivity contribution in [2.75, 3.05) is 0 Å². The van der Waals surface area contributed by atoms with Gasteiger partial charge >= 0.3 is 0 Å². The third kappa shape index (κ3) is 3.96. The van der Waals surface area contributed by atoms with Crippen LogP contribution >= 0.6 is 0 Å². The molecule has 0 saturated heterocycles. The van der Waals surface area contributed by atoms with Crippen molar-refractivity contribution in [1.82, 2.24) is 19.9 Å². The normalized spacial score (nSPS) is 13.5. The van der Waals surface area contributed by atoms with E-state index in [9.17, 15) is 0 Å². The smallest absolute Gasteiger partial charge is 0.0978 e. The lowest BCUT2D eigenvalue weighted by Crippen LogP contribution is -2.17. The minimum atomic E-state index is -0.266. The molecule has 0 atom stereocenters. The molecule has 0 N–H and O–H groups in total. The predicted molar refractivity (Wildman–Crippen MR) is 211 cm³/mol. The molecule has 0 aliphatic heterocycles. The second-order valence-electron chi connectivity index (χ2n) is 14.2. The number of pyridine rings is 4. The molecule has 11 rings (SSSR count). The van der Waals surface area contributed by atoms with E-state index in [-0.39, 0.29) is 5.41 Å². The molecule has 4 heterocycles. The van der Waals surface area contributed by atoms with Gasteiger partial charge in [0.1, 0.15) is 0 Å². The number of benzene rings is 6. The first kappa shape index (κ1) is 28.3. The summed E-state index contributed by atoms with van der Waals surface area (Å²) in [5.74, 6) is 0. The highest BCUT2D eigenvalue weighted by Crippen LogP contribution is 2.51. The number of aromatic nitrogens is 4. The largest absolute Gasteiger partial charge is 0.254 e. The summed E-state index contributed by atoms with van der Waals surface area (Å²) in [5.41, 5.74) is 12.8. The van der Waals surface area contributed by atoms with Gasteiger partial charge in [0, 0.05) is 50.5 Å². The quantitative estimate of drug-likeness (QED) is 0.175. The van der Waals surface area contributed by atoms with Gasteiger partial charge in [-0.15, -0.1) is 0 Å². The lowest BCUT2D eigenvalue weighted by atomic mass is 9.84. The Bertz CT molecular complexity index is 3070. The molecule has 1 aliphatic rings. The SMILES string of the molecule is CC1(C)c2cc(-c3ccc(-c4ccc5c6ccccc6c6cccnc6c5n4)cc3)ccc2-c2cc3c4ccccc4c4cccnc4c3nc21. The molecular formula is C47H30N4. The van der Waals surface area contributed by atoms with Gasteiger partial charge in [-0.25, -0.2) is 9.97 Å². The van der Waals surface area contributed by atoms with E-state index in [1.165, 1.54) is 49.4 Å². The molecule has 0 amide bonds. The second kappa shape index (κ2) is 10.3. The van der Waals surface area contributed by atoms with Crippen LogP contribution in [0, 0.1) is 0 Å². The molecule has 0 radical (unpaired) electrons. The molecule has 4 heteroatoms. The first-order chi connectivity index (χ1) is 25.0. The lowest BCUT2D eigenvalue weighted by Gasteiger charge is -2.21. The van der Waals surface area contributed by atoms with Crippen LogP contribution in [-0.2, 0) is 5.41 Å². The third-order valence-corrected chi connectivity index (χ3v) is 11.1. The minimum absolute atomic E-state index is 0.266. The van der Waals surface area contributed by atoms with Crippen LogP contribution in [0.15, 0.2) is 146 Å². The zero-order chi connectivity index (χ0) is 33.8. The monoisotopic (exact) mass is 650 g/mol. The fourth-order valence-corrected chi connectivity index (χ4v) is 8.56. The van der Waals surface area contributed by atoms with E-state index in [0.29, 0.717) is 0 Å². The Morgan fingerprint density at radius 2 is 0.922 bits per heavy atom. The van der Waals surface area contributed by atoms with Crippen LogP contribution in [0.25, 0.3) is 98.7 Å². The van der Waals surface area contributed by atoms with Gasteiger partial charge in [0.2, 0.25) is 0 Å². The summed E-state index contributed by atoms with van der Waals surface area (Å²) < 4.78 is 0. The highest BCUT2D eigenvalue weighted by molar-refractivity contribution is 6.24. The van der Waals surface area contributed by atoms with Crippen molar-refractivity contribution >= 4 is 65.2 Å². The van der Waals surface area contributed by atoms with E-state index in [4.69, 9.17) is 19.9 Å². The molecular weight excluding hydrogens is 621 g/mol. The maximum atomic E-state index is 5.43. The summed E-state index contributed by atoms with van der Waals surface area (Å²) in [6.07, 6.45) is 3.73. The van der Waals surface area contributed by atoms with Gasteiger partial charge in [0.15, 0.2) is 0 Å². The van der Waals surface area contributed by atoms with Crippen LogP contribution < -0.4 is 0 Å². The molecule has 0 saturated carbocycles. The number of hydrogen-bond donors (Lipinski definition) is 0. The Balaban J connectivity index is 1.01. The van der Waals surface area contributed by atoms with Crippen molar-refractivity contribution in [2.24, 2.45) is 0 Å². The number of fused-ring (bicyclic) bond motifs is 15. The zero-order valence-electron chi connectivity index (χ0n) is 28.1. The molecule has 238 valence electrons. The molecule has 0 unspecified atom stereocenters. The lowest BCUT2D eigenvalue weighted by molar-refractivity contribution is 0.640. The van der Waals surface area contributed by atoms with Gasteiger partial charge < -0.3 is 0 Å². The van der Waals surface area contributed by atoms with Gasteiger partial charge in [-0.3, -0.25) is 9.97 Å². The minimum Gasteiger partial charge on any atom is -0.254 e. The van der Waals surface area contributed by atoms with E-state index in [1.807, 2.05) is 24.5 Å². The molecule has 0 spiro atoms. The zero-order valence-corrected chi connectivity index (χ0v) is 28.1. The third-order valence-electron chi connectivity index (χ3n) is 11.1. The highest BCUT2D eigenvalue weighted by Gasteiger charge is 2.38. The van der Waals surface area contributed by atoms with Gasteiger partial charge in [-0.05, 0) is 80.2 Å². The topological polar surface area (TPSA) is 51.6 Å². The van der Waals surface area contributed by atoms with Crippen molar-refractivity contribution in [1.29, 1.82) is 0 Å². The van der Waals surface area contributed by atoms with Crippen LogP contribution in [-0.4, -0.2) is 19.9 Å². The Morgan fingerprint density at radius 1 is 0.392 bits per heavy atom. The summed E-state index contributed by atoms with van der Waals surface area (Å²) in [6, 6.07) is 47.8. The maximum Gasteiger partial charge on any atom is 0.0978 e. The molecule has 4 aromatic heterocycles. The summed E-state index contributed by atoms with van der Waals surface area (Å²) in [7, 11) is 0. The summed E-state index contributed by atoms with van der Waals surface area (Å²) in [5, 5.41) is 9.38. The van der Waals surface area contributed by atoms with E-state index in [0.717, 1.165) is 60.6 Å². The Kier molecular flexibility index (Phi) is 5.70. The first-order valence-corrected chi connectivity index (χ1v) is 17.5. The molecule has 0 bridgehead atoms. The molecule has 10 aromatic rings. The van der Waals surface area contributed by atoms with Crippen molar-refractivity contribution < 1.29 is 0 Å². The van der Waals surface area contributed by atoms with Crippen molar-refractivity contribution in [3.8, 4) is 33.5 Å². The Morgan fingerprint density at radius 3 is 1.57 bits per heavy atom. The average Bonchev–Trinajstić information content (AvgIpc) is 3.42. The van der Waals surface area contributed by atoms with Gasteiger partial charge in [0.05, 0.1) is 33.5 Å². The Hall–Kier alpha value is -6.52. The number of rotatable bonds is 2. The fraction of sp³-hybridized carbons (Fsp3) is 0.0638. The summed E-state index contributed by atoms with van der Waals surface area (Å²) in [6.45, 7) is 4.60. The van der Waals surface area contributed by atoms with Crippen LogP contribution in [0.1, 0.15) is 25.1 Å². The highest BCUT2D eigenvalue weighted by atomic mass is 14.8. The Labute approximate surface area is 294 Å². The summed E-state index contributed by atoms with van der Waals surface area (Å²) >= 11 is 0. The summed E-state index contributed by atoms with van der Waals surface area (Å²) in [4.78, 5) is 20.2. The van der Waals surface area contributed by atoms with Crippen LogP contribution in [0.5, 0.6) is 0 Å². The average molecular weight is 651 g/mol. The van der Waals surface area contributed by atoms with E-state index < -0.39 is 0 Å². The van der Waals surface area contributed by atoms with Crippen molar-refractivity contribution in [3.05, 3.63) is 157 Å². The van der Waals surface area contributed by atoms with Gasteiger partial charge in [-0.1, -0.05) is 111 Å². The molecule has 1 aliphatic carbocycles. The standard InChI is InChI=1S/C47H30N4/c1-47(2)40-25-29(19-20-34(40)39-26-38-33-12-6-5-11-32(33)36-14-8-24-49-43(36)45(38)51-46(39)47)27-15-17-28(18-16-27)41-22-21-37-31-10-4-3-9-30(31)35-13-7-23-48-42(35)44(37)50-41/h3-26H,1-2H3. The number of hydrogen-bond acceptors (Lipinski definition) is 4. The molecule has 51 heavy (non-hydrogen) atoms. The van der Waals surface area contributed by atoms with Crippen LogP contribution in [0.2, 0.25) is 0 Å². The second-order valence-corrected chi connectivity index (χ2v) is 14.2. The van der Waals surface area contributed by atoms with Crippen molar-refractivity contribution in [2.45, 2.75) is 19.3 Å². The van der Waals surface area contributed by atoms with E-state index in [2.05, 4.69) is 135 Å². The number of nitrogens with zero attached hydrogens (tertiary/aromatic N) is 4. The predicted octanol–water partition coefficient (Wildman–Crippen LogP) is 11.8. The van der Waals surface area contributed by atoms with E-state index >= 15 is 0 Å². The molecule has 6 aromatic carbocycles.